The number of para-hydroxylation sites is 1. The average Bonchev–Trinajstić information content (AvgIpc) is 3.72. The van der Waals surface area contributed by atoms with Crippen molar-refractivity contribution in [3.8, 4) is 11.4 Å². The fourth-order valence-electron chi connectivity index (χ4n) is 5.80. The molecule has 0 spiro atoms. The van der Waals surface area contributed by atoms with Crippen molar-refractivity contribution in [1.82, 2.24) is 30.4 Å². The highest BCUT2D eigenvalue weighted by Crippen LogP contribution is 2.38. The molecule has 2 aliphatic rings. The van der Waals surface area contributed by atoms with Crippen LogP contribution in [0.25, 0.3) is 16.0 Å². The van der Waals surface area contributed by atoms with E-state index in [0.29, 0.717) is 66.2 Å². The van der Waals surface area contributed by atoms with E-state index in [9.17, 15) is 9.59 Å². The Morgan fingerprint density at radius 2 is 1.89 bits per heavy atom. The van der Waals surface area contributed by atoms with Gasteiger partial charge >= 0.3 is 0 Å². The zero-order valence-corrected chi connectivity index (χ0v) is 26.4. The molecular formula is C32H40N10O3S. The number of carbonyl (C=O) groups excluding carboxylic acids is 1. The summed E-state index contributed by atoms with van der Waals surface area (Å²) < 4.78 is 7.44. The van der Waals surface area contributed by atoms with E-state index < -0.39 is 5.56 Å². The molecule has 2 aliphatic heterocycles. The Kier molecular flexibility index (Phi) is 9.66. The summed E-state index contributed by atoms with van der Waals surface area (Å²) in [6.07, 6.45) is 2.59. The lowest BCUT2D eigenvalue weighted by Crippen LogP contribution is -2.43. The van der Waals surface area contributed by atoms with Crippen molar-refractivity contribution < 1.29 is 9.53 Å². The summed E-state index contributed by atoms with van der Waals surface area (Å²) in [5.41, 5.74) is 14.1. The SMILES string of the molecule is N=C(NCCCNCCCN)N1CC[C@@H](NC(=O)c2cc3c(nc(N)c(=O)n3-c3ccc4c(c3)N(c3ccccc3)CCO4)s2)C1. The molecule has 0 radical (unpaired) electrons. The molecule has 242 valence electrons. The number of amides is 1. The van der Waals surface area contributed by atoms with E-state index in [-0.39, 0.29) is 17.8 Å². The summed E-state index contributed by atoms with van der Waals surface area (Å²) in [5, 5.41) is 18.0. The number of anilines is 3. The van der Waals surface area contributed by atoms with Crippen LogP contribution < -0.4 is 42.6 Å². The number of aromatic nitrogens is 2. The van der Waals surface area contributed by atoms with Crippen LogP contribution in [-0.2, 0) is 0 Å². The number of hydrogen-bond acceptors (Lipinski definition) is 10. The summed E-state index contributed by atoms with van der Waals surface area (Å²) in [7, 11) is 0. The third-order valence-electron chi connectivity index (χ3n) is 8.15. The minimum atomic E-state index is -0.455. The monoisotopic (exact) mass is 644 g/mol. The van der Waals surface area contributed by atoms with Crippen molar-refractivity contribution in [2.24, 2.45) is 5.73 Å². The summed E-state index contributed by atoms with van der Waals surface area (Å²) in [4.78, 5) is 36.2. The predicted octanol–water partition coefficient (Wildman–Crippen LogP) is 2.22. The minimum absolute atomic E-state index is 0.109. The summed E-state index contributed by atoms with van der Waals surface area (Å²) in [6, 6.07) is 17.2. The first-order valence-electron chi connectivity index (χ1n) is 15.6. The molecule has 0 unspecified atom stereocenters. The number of nitrogen functional groups attached to an aromatic ring is 1. The van der Waals surface area contributed by atoms with Crippen LogP contribution in [0.15, 0.2) is 59.4 Å². The third-order valence-corrected chi connectivity index (χ3v) is 9.17. The smallest absolute Gasteiger partial charge is 0.298 e. The molecule has 0 saturated carbocycles. The highest BCUT2D eigenvalue weighted by Gasteiger charge is 2.27. The number of hydrogen-bond donors (Lipinski definition) is 6. The zero-order valence-electron chi connectivity index (χ0n) is 25.6. The van der Waals surface area contributed by atoms with Gasteiger partial charge in [0.05, 0.1) is 28.3 Å². The maximum atomic E-state index is 13.4. The molecule has 13 nitrogen and oxygen atoms in total. The number of likely N-dealkylation sites (tertiary alicyclic amines) is 1. The lowest BCUT2D eigenvalue weighted by molar-refractivity contribution is 0.0943. The largest absolute Gasteiger partial charge is 0.490 e. The van der Waals surface area contributed by atoms with Crippen LogP contribution >= 0.6 is 11.3 Å². The first kappa shape index (κ1) is 31.3. The van der Waals surface area contributed by atoms with E-state index in [1.54, 1.807) is 6.07 Å². The fraction of sp³-hybridized carbons (Fsp3) is 0.375. The van der Waals surface area contributed by atoms with Gasteiger partial charge in [0.2, 0.25) is 0 Å². The molecule has 2 aromatic carbocycles. The molecule has 1 saturated heterocycles. The maximum Gasteiger partial charge on any atom is 0.298 e. The molecule has 4 aromatic rings. The highest BCUT2D eigenvalue weighted by molar-refractivity contribution is 7.20. The van der Waals surface area contributed by atoms with Gasteiger partial charge in [0.1, 0.15) is 17.2 Å². The van der Waals surface area contributed by atoms with E-state index >= 15 is 0 Å². The second-order valence-electron chi connectivity index (χ2n) is 11.4. The van der Waals surface area contributed by atoms with Crippen LogP contribution in [0.2, 0.25) is 0 Å². The van der Waals surface area contributed by atoms with E-state index in [2.05, 4.69) is 25.8 Å². The number of fused-ring (bicyclic) bond motifs is 2. The fourth-order valence-corrected chi connectivity index (χ4v) is 6.73. The number of nitrogens with one attached hydrogen (secondary N) is 4. The van der Waals surface area contributed by atoms with Gasteiger partial charge in [0.15, 0.2) is 11.8 Å². The number of nitrogens with zero attached hydrogens (tertiary/aromatic N) is 4. The molecule has 4 heterocycles. The van der Waals surface area contributed by atoms with Gasteiger partial charge in [-0.15, -0.1) is 11.3 Å². The summed E-state index contributed by atoms with van der Waals surface area (Å²) in [5.74, 6) is 0.703. The Morgan fingerprint density at radius 1 is 1.07 bits per heavy atom. The number of thiophene rings is 1. The lowest BCUT2D eigenvalue weighted by atomic mass is 10.1. The van der Waals surface area contributed by atoms with Crippen molar-refractivity contribution in [3.63, 3.8) is 0 Å². The number of nitrogens with two attached hydrogens (primary N) is 2. The standard InChI is InChI=1S/C32H40N10O3S/c33-11-4-12-36-13-5-14-37-32(35)40-15-10-21(20-40)38-29(43)27-19-25-30(46-27)39-28(34)31(44)42(25)23-8-9-26-24(18-23)41(16-17-45-26)22-6-2-1-3-7-22/h1-3,6-9,18-19,21,36H,4-5,10-17,20,33H2,(H2,34,39)(H2,35,37)(H,38,43)/t21-/m1/s1. The second kappa shape index (κ2) is 14.2. The summed E-state index contributed by atoms with van der Waals surface area (Å²) >= 11 is 1.20. The molecule has 8 N–H and O–H groups in total. The molecule has 1 amide bonds. The Balaban J connectivity index is 1.15. The van der Waals surface area contributed by atoms with E-state index in [0.717, 1.165) is 49.5 Å². The van der Waals surface area contributed by atoms with Gasteiger partial charge in [-0.05, 0) is 75.3 Å². The molecular weight excluding hydrogens is 604 g/mol. The van der Waals surface area contributed by atoms with Gasteiger partial charge in [-0.1, -0.05) is 18.2 Å². The van der Waals surface area contributed by atoms with Crippen molar-refractivity contribution in [2.75, 3.05) is 63.1 Å². The van der Waals surface area contributed by atoms with Crippen LogP contribution in [0.4, 0.5) is 17.2 Å². The number of ether oxygens (including phenoxy) is 1. The van der Waals surface area contributed by atoms with Crippen molar-refractivity contribution in [1.29, 1.82) is 5.41 Å². The van der Waals surface area contributed by atoms with Crippen LogP contribution in [0, 0.1) is 5.41 Å². The molecule has 0 aliphatic carbocycles. The summed E-state index contributed by atoms with van der Waals surface area (Å²) in [6.45, 7) is 5.57. The van der Waals surface area contributed by atoms with Gasteiger partial charge in [0, 0.05) is 31.4 Å². The van der Waals surface area contributed by atoms with Gasteiger partial charge in [-0.2, -0.15) is 0 Å². The second-order valence-corrected chi connectivity index (χ2v) is 12.4. The minimum Gasteiger partial charge on any atom is -0.490 e. The number of guanidine groups is 1. The lowest BCUT2D eigenvalue weighted by Gasteiger charge is -2.31. The van der Waals surface area contributed by atoms with Gasteiger partial charge < -0.3 is 42.0 Å². The van der Waals surface area contributed by atoms with Crippen molar-refractivity contribution >= 4 is 50.7 Å². The van der Waals surface area contributed by atoms with Crippen LogP contribution in [-0.4, -0.2) is 84.8 Å². The third kappa shape index (κ3) is 6.78. The average molecular weight is 645 g/mol. The molecule has 1 atom stereocenters. The Bertz CT molecular complexity index is 1760. The first-order chi connectivity index (χ1) is 22.4. The Morgan fingerprint density at radius 3 is 2.72 bits per heavy atom. The van der Waals surface area contributed by atoms with Crippen LogP contribution in [0.1, 0.15) is 28.9 Å². The van der Waals surface area contributed by atoms with Gasteiger partial charge in [0.25, 0.3) is 11.5 Å². The molecule has 1 fully saturated rings. The molecule has 0 bridgehead atoms. The van der Waals surface area contributed by atoms with Crippen molar-refractivity contribution in [2.45, 2.75) is 25.3 Å². The molecule has 14 heteroatoms. The number of benzene rings is 2. The van der Waals surface area contributed by atoms with Crippen LogP contribution in [0.3, 0.4) is 0 Å². The van der Waals surface area contributed by atoms with E-state index in [1.807, 2.05) is 53.4 Å². The highest BCUT2D eigenvalue weighted by atomic mass is 32.1. The quantitative estimate of drug-likeness (QED) is 0.0805. The number of rotatable bonds is 11. The van der Waals surface area contributed by atoms with Gasteiger partial charge in [-0.25, -0.2) is 4.98 Å². The molecule has 2 aromatic heterocycles. The zero-order chi connectivity index (χ0) is 32.0. The molecule has 6 rings (SSSR count). The van der Waals surface area contributed by atoms with Crippen LogP contribution in [0.5, 0.6) is 5.75 Å². The Hall–Kier alpha value is -4.66. The maximum absolute atomic E-state index is 13.4. The number of carbonyl (C=O) groups is 1. The van der Waals surface area contributed by atoms with Crippen molar-refractivity contribution in [3.05, 3.63) is 69.8 Å². The molecule has 46 heavy (non-hydrogen) atoms. The first-order valence-corrected chi connectivity index (χ1v) is 16.5. The van der Waals surface area contributed by atoms with E-state index in [4.69, 9.17) is 21.6 Å². The Labute approximate surface area is 271 Å². The topological polar surface area (TPSA) is 180 Å². The van der Waals surface area contributed by atoms with E-state index in [1.165, 1.54) is 15.9 Å². The van der Waals surface area contributed by atoms with Gasteiger partial charge in [-0.3, -0.25) is 19.6 Å². The predicted molar refractivity (Wildman–Crippen MR) is 183 cm³/mol. The normalized spacial score (nSPS) is 15.9.